The van der Waals surface area contributed by atoms with Gasteiger partial charge in [-0.15, -0.1) is 0 Å². The van der Waals surface area contributed by atoms with E-state index in [1.165, 1.54) is 5.56 Å². The van der Waals surface area contributed by atoms with Crippen LogP contribution in [0.15, 0.2) is 52.9 Å². The van der Waals surface area contributed by atoms with E-state index in [2.05, 4.69) is 29.4 Å². The van der Waals surface area contributed by atoms with Gasteiger partial charge >= 0.3 is 0 Å². The van der Waals surface area contributed by atoms with E-state index in [-0.39, 0.29) is 6.04 Å². The number of nitrogens with zero attached hydrogens (tertiary/aromatic N) is 1. The summed E-state index contributed by atoms with van der Waals surface area (Å²) in [6, 6.07) is 16.5. The molecule has 2 aromatic carbocycles. The monoisotopic (exact) mass is 267 g/mol. The van der Waals surface area contributed by atoms with Crippen LogP contribution < -0.4 is 11.1 Å². The standard InChI is InChI=1S/C16H17N3O/c1-2-13(11-6-4-3-5-7-11)18-16-19-14-10-12(17)8-9-15(14)20-16/h3-10,13H,2,17H2,1H3,(H,18,19). The summed E-state index contributed by atoms with van der Waals surface area (Å²) in [6.45, 7) is 2.13. The number of hydrogen-bond acceptors (Lipinski definition) is 4. The molecule has 0 amide bonds. The number of aromatic nitrogens is 1. The van der Waals surface area contributed by atoms with Crippen LogP contribution in [0.2, 0.25) is 0 Å². The highest BCUT2D eigenvalue weighted by Crippen LogP contribution is 2.26. The van der Waals surface area contributed by atoms with Gasteiger partial charge in [0.2, 0.25) is 0 Å². The van der Waals surface area contributed by atoms with Gasteiger partial charge in [0.1, 0.15) is 5.52 Å². The Balaban J connectivity index is 1.87. The highest BCUT2D eigenvalue weighted by Gasteiger charge is 2.12. The quantitative estimate of drug-likeness (QED) is 0.702. The molecule has 3 aromatic rings. The average molecular weight is 267 g/mol. The lowest BCUT2D eigenvalue weighted by molar-refractivity contribution is 0.592. The highest BCUT2D eigenvalue weighted by atomic mass is 16.4. The molecule has 0 saturated heterocycles. The van der Waals surface area contributed by atoms with Gasteiger partial charge in [-0.2, -0.15) is 4.98 Å². The lowest BCUT2D eigenvalue weighted by Gasteiger charge is -2.15. The number of anilines is 2. The minimum atomic E-state index is 0.182. The molecule has 1 unspecified atom stereocenters. The Hall–Kier alpha value is -2.49. The fourth-order valence-electron chi connectivity index (χ4n) is 2.26. The van der Waals surface area contributed by atoms with Crippen molar-refractivity contribution in [2.75, 3.05) is 11.1 Å². The van der Waals surface area contributed by atoms with Gasteiger partial charge in [-0.3, -0.25) is 0 Å². The van der Waals surface area contributed by atoms with E-state index in [0.717, 1.165) is 17.5 Å². The molecule has 1 aromatic heterocycles. The topological polar surface area (TPSA) is 64.1 Å². The zero-order chi connectivity index (χ0) is 13.9. The molecule has 0 bridgehead atoms. The van der Waals surface area contributed by atoms with Crippen LogP contribution in [-0.2, 0) is 0 Å². The third kappa shape index (κ3) is 2.45. The number of hydrogen-bond donors (Lipinski definition) is 2. The fourth-order valence-corrected chi connectivity index (χ4v) is 2.26. The van der Waals surface area contributed by atoms with Crippen LogP contribution in [0.25, 0.3) is 11.1 Å². The first-order chi connectivity index (χ1) is 9.76. The minimum Gasteiger partial charge on any atom is -0.424 e. The summed E-state index contributed by atoms with van der Waals surface area (Å²) in [5.74, 6) is 0. The number of rotatable bonds is 4. The largest absolute Gasteiger partial charge is 0.424 e. The van der Waals surface area contributed by atoms with Gasteiger partial charge in [0.25, 0.3) is 6.01 Å². The Bertz CT molecular complexity index is 706. The van der Waals surface area contributed by atoms with Crippen LogP contribution in [-0.4, -0.2) is 4.98 Å². The summed E-state index contributed by atoms with van der Waals surface area (Å²) in [7, 11) is 0. The van der Waals surface area contributed by atoms with E-state index >= 15 is 0 Å². The Morgan fingerprint density at radius 3 is 2.75 bits per heavy atom. The van der Waals surface area contributed by atoms with Crippen molar-refractivity contribution in [1.29, 1.82) is 0 Å². The van der Waals surface area contributed by atoms with Gasteiger partial charge in [-0.05, 0) is 30.2 Å². The first-order valence-electron chi connectivity index (χ1n) is 6.74. The van der Waals surface area contributed by atoms with E-state index in [1.54, 1.807) is 0 Å². The first-order valence-corrected chi connectivity index (χ1v) is 6.74. The smallest absolute Gasteiger partial charge is 0.296 e. The fraction of sp³-hybridized carbons (Fsp3) is 0.188. The van der Waals surface area contributed by atoms with Crippen molar-refractivity contribution in [3.8, 4) is 0 Å². The second kappa shape index (κ2) is 5.25. The summed E-state index contributed by atoms with van der Waals surface area (Å²) in [5.41, 5.74) is 9.17. The Morgan fingerprint density at radius 1 is 1.20 bits per heavy atom. The second-order valence-electron chi connectivity index (χ2n) is 4.76. The predicted octanol–water partition coefficient (Wildman–Crippen LogP) is 3.97. The zero-order valence-electron chi connectivity index (χ0n) is 11.3. The normalized spacial score (nSPS) is 12.4. The van der Waals surface area contributed by atoms with E-state index < -0.39 is 0 Å². The maximum atomic E-state index is 5.75. The molecule has 3 rings (SSSR count). The number of nitrogens with one attached hydrogen (secondary N) is 1. The van der Waals surface area contributed by atoms with E-state index in [4.69, 9.17) is 10.2 Å². The molecule has 0 radical (unpaired) electrons. The van der Waals surface area contributed by atoms with Crippen LogP contribution in [0.3, 0.4) is 0 Å². The summed E-state index contributed by atoms with van der Waals surface area (Å²) in [6.07, 6.45) is 0.949. The molecule has 102 valence electrons. The van der Waals surface area contributed by atoms with Gasteiger partial charge in [-0.25, -0.2) is 0 Å². The molecule has 0 aliphatic heterocycles. The SMILES string of the molecule is CCC(Nc1nc2cc(N)ccc2o1)c1ccccc1. The number of nitrogens with two attached hydrogens (primary N) is 1. The third-order valence-electron chi connectivity index (χ3n) is 3.32. The molecule has 0 aliphatic carbocycles. The maximum absolute atomic E-state index is 5.75. The van der Waals surface area contributed by atoms with Gasteiger partial charge < -0.3 is 15.5 Å². The lowest BCUT2D eigenvalue weighted by atomic mass is 10.1. The maximum Gasteiger partial charge on any atom is 0.296 e. The van der Waals surface area contributed by atoms with Gasteiger partial charge in [-0.1, -0.05) is 37.3 Å². The molecular weight excluding hydrogens is 250 g/mol. The number of nitrogen functional groups attached to an aromatic ring is 1. The summed E-state index contributed by atoms with van der Waals surface area (Å²) in [5, 5.41) is 3.34. The Labute approximate surface area is 117 Å². The van der Waals surface area contributed by atoms with E-state index in [1.807, 2.05) is 36.4 Å². The molecule has 4 nitrogen and oxygen atoms in total. The van der Waals surface area contributed by atoms with Crippen molar-refractivity contribution in [2.45, 2.75) is 19.4 Å². The average Bonchev–Trinajstić information content (AvgIpc) is 2.87. The van der Waals surface area contributed by atoms with Crippen molar-refractivity contribution in [2.24, 2.45) is 0 Å². The highest BCUT2D eigenvalue weighted by molar-refractivity contribution is 5.78. The molecular formula is C16H17N3O. The molecule has 0 aliphatic rings. The number of fused-ring (bicyclic) bond motifs is 1. The molecule has 0 spiro atoms. The Morgan fingerprint density at radius 2 is 2.00 bits per heavy atom. The molecule has 3 N–H and O–H groups in total. The summed E-state index contributed by atoms with van der Waals surface area (Å²) in [4.78, 5) is 4.43. The van der Waals surface area contributed by atoms with Crippen molar-refractivity contribution in [1.82, 2.24) is 4.98 Å². The van der Waals surface area contributed by atoms with Crippen LogP contribution in [0.5, 0.6) is 0 Å². The summed E-state index contributed by atoms with van der Waals surface area (Å²) >= 11 is 0. The third-order valence-corrected chi connectivity index (χ3v) is 3.32. The molecule has 0 fully saturated rings. The lowest BCUT2D eigenvalue weighted by Crippen LogP contribution is -2.09. The number of benzene rings is 2. The van der Waals surface area contributed by atoms with Crippen LogP contribution in [0.4, 0.5) is 11.7 Å². The molecule has 1 atom stereocenters. The van der Waals surface area contributed by atoms with Crippen LogP contribution >= 0.6 is 0 Å². The number of oxazole rings is 1. The van der Waals surface area contributed by atoms with Gasteiger partial charge in [0, 0.05) is 5.69 Å². The zero-order valence-corrected chi connectivity index (χ0v) is 11.3. The van der Waals surface area contributed by atoms with Crippen molar-refractivity contribution in [3.63, 3.8) is 0 Å². The molecule has 0 saturated carbocycles. The first kappa shape index (κ1) is 12.5. The van der Waals surface area contributed by atoms with Crippen molar-refractivity contribution in [3.05, 3.63) is 54.1 Å². The molecule has 1 heterocycles. The molecule has 20 heavy (non-hydrogen) atoms. The van der Waals surface area contributed by atoms with E-state index in [9.17, 15) is 0 Å². The van der Waals surface area contributed by atoms with Crippen LogP contribution in [0.1, 0.15) is 24.9 Å². The second-order valence-corrected chi connectivity index (χ2v) is 4.76. The van der Waals surface area contributed by atoms with Crippen molar-refractivity contribution < 1.29 is 4.42 Å². The van der Waals surface area contributed by atoms with Gasteiger partial charge in [0.05, 0.1) is 6.04 Å². The van der Waals surface area contributed by atoms with Gasteiger partial charge in [0.15, 0.2) is 5.58 Å². The van der Waals surface area contributed by atoms with Crippen LogP contribution in [0, 0.1) is 0 Å². The van der Waals surface area contributed by atoms with Crippen molar-refractivity contribution >= 4 is 22.8 Å². The minimum absolute atomic E-state index is 0.182. The summed E-state index contributed by atoms with van der Waals surface area (Å²) < 4.78 is 5.70. The molecule has 4 heteroatoms. The Kier molecular flexibility index (Phi) is 3.29. The van der Waals surface area contributed by atoms with E-state index in [0.29, 0.717) is 11.7 Å². The predicted molar refractivity (Wildman–Crippen MR) is 81.5 cm³/mol.